The van der Waals surface area contributed by atoms with Crippen molar-refractivity contribution in [3.8, 4) is 0 Å². The minimum absolute atomic E-state index is 0.156. The van der Waals surface area contributed by atoms with Crippen LogP contribution in [0.25, 0.3) is 0 Å². The van der Waals surface area contributed by atoms with E-state index in [2.05, 4.69) is 0 Å². The van der Waals surface area contributed by atoms with Gasteiger partial charge in [0.15, 0.2) is 0 Å². The van der Waals surface area contributed by atoms with Crippen molar-refractivity contribution >= 4 is 5.97 Å². The number of carbonyl (C=O) groups is 1. The van der Waals surface area contributed by atoms with Gasteiger partial charge >= 0.3 is 0 Å². The van der Waals surface area contributed by atoms with E-state index in [1.807, 2.05) is 5.32 Å². The minimum Gasteiger partial charge on any atom is -0.550 e. The molecule has 0 spiro atoms. The molecule has 0 heterocycles. The molecule has 66 valence electrons. The Labute approximate surface area is 66.5 Å². The van der Waals surface area contributed by atoms with Crippen LogP contribution in [0.3, 0.4) is 0 Å². The van der Waals surface area contributed by atoms with E-state index in [1.165, 1.54) is 0 Å². The van der Waals surface area contributed by atoms with Crippen LogP contribution in [0, 0.1) is 0 Å². The van der Waals surface area contributed by atoms with Gasteiger partial charge in [0, 0.05) is 19.5 Å². The molecule has 0 bridgehead atoms. The number of ether oxygens (including phenoxy) is 1. The molecule has 0 radical (unpaired) electrons. The molecule has 11 heavy (non-hydrogen) atoms. The lowest BCUT2D eigenvalue weighted by Crippen LogP contribution is -2.85. The molecule has 0 aliphatic heterocycles. The predicted octanol–water partition coefficient (Wildman–Crippen LogP) is -2.27. The van der Waals surface area contributed by atoms with Gasteiger partial charge in [0.25, 0.3) is 0 Å². The first-order valence-corrected chi connectivity index (χ1v) is 3.78. The van der Waals surface area contributed by atoms with Crippen LogP contribution in [0.1, 0.15) is 12.8 Å². The fraction of sp³-hybridized carbons (Fsp3) is 0.857. The van der Waals surface area contributed by atoms with Crippen LogP contribution in [0.2, 0.25) is 0 Å². The molecule has 4 heteroatoms. The minimum atomic E-state index is -0.967. The van der Waals surface area contributed by atoms with E-state index in [-0.39, 0.29) is 6.42 Å². The van der Waals surface area contributed by atoms with Crippen LogP contribution < -0.4 is 10.4 Å². The van der Waals surface area contributed by atoms with E-state index >= 15 is 0 Å². The molecule has 0 aliphatic rings. The molecule has 0 saturated heterocycles. The normalized spacial score (nSPS) is 9.91. The van der Waals surface area contributed by atoms with Crippen LogP contribution in [0.5, 0.6) is 0 Å². The van der Waals surface area contributed by atoms with Crippen LogP contribution in [-0.4, -0.2) is 32.8 Å². The summed E-state index contributed by atoms with van der Waals surface area (Å²) in [6.45, 7) is 2.44. The smallest absolute Gasteiger partial charge is 0.0993 e. The number of carboxylic acid groups (broad SMARTS) is 1. The number of hydrogen-bond donors (Lipinski definition) is 1. The Hall–Kier alpha value is -0.610. The third-order valence-electron chi connectivity index (χ3n) is 1.32. The summed E-state index contributed by atoms with van der Waals surface area (Å²) in [6.07, 6.45) is 0.829. The monoisotopic (exact) mass is 161 g/mol. The van der Waals surface area contributed by atoms with Crippen LogP contribution >= 0.6 is 0 Å². The Kier molecular flexibility index (Phi) is 7.08. The van der Waals surface area contributed by atoms with Crippen LogP contribution in [-0.2, 0) is 9.53 Å². The molecular formula is C7H15NO3. The van der Waals surface area contributed by atoms with Gasteiger partial charge in [-0.1, -0.05) is 0 Å². The maximum absolute atomic E-state index is 9.94. The first-order valence-electron chi connectivity index (χ1n) is 3.78. The molecule has 0 atom stereocenters. The number of carbonyl (C=O) groups excluding carboxylic acids is 1. The van der Waals surface area contributed by atoms with E-state index < -0.39 is 5.97 Å². The van der Waals surface area contributed by atoms with E-state index in [0.717, 1.165) is 13.1 Å². The van der Waals surface area contributed by atoms with Crippen LogP contribution in [0.4, 0.5) is 0 Å². The van der Waals surface area contributed by atoms with Gasteiger partial charge in [-0.15, -0.1) is 0 Å². The molecule has 0 aromatic rings. The number of rotatable bonds is 7. The second kappa shape index (κ2) is 7.50. The van der Waals surface area contributed by atoms with Gasteiger partial charge in [-0.25, -0.2) is 0 Å². The average molecular weight is 161 g/mol. The standard InChI is InChI=1S/C7H15NO3/c1-11-6-5-8-4-2-3-7(9)10/h8H,2-6H2,1H3,(H,9,10). The van der Waals surface area contributed by atoms with Crippen molar-refractivity contribution in [1.29, 1.82) is 0 Å². The van der Waals surface area contributed by atoms with Gasteiger partial charge < -0.3 is 20.0 Å². The molecule has 4 nitrogen and oxygen atoms in total. The molecule has 0 unspecified atom stereocenters. The first-order chi connectivity index (χ1) is 5.27. The zero-order chi connectivity index (χ0) is 8.53. The van der Waals surface area contributed by atoms with Crippen molar-refractivity contribution in [2.75, 3.05) is 26.8 Å². The second-order valence-corrected chi connectivity index (χ2v) is 2.33. The maximum Gasteiger partial charge on any atom is 0.0993 e. The van der Waals surface area contributed by atoms with E-state index in [1.54, 1.807) is 7.11 Å². The topological polar surface area (TPSA) is 66.0 Å². The summed E-state index contributed by atoms with van der Waals surface area (Å²) in [6, 6.07) is 0. The number of methoxy groups -OCH3 is 1. The summed E-state index contributed by atoms with van der Waals surface area (Å²) in [5.74, 6) is -0.967. The highest BCUT2D eigenvalue weighted by Gasteiger charge is 1.90. The largest absolute Gasteiger partial charge is 0.550 e. The number of quaternary nitrogens is 1. The molecule has 0 aromatic heterocycles. The Bertz CT molecular complexity index is 106. The van der Waals surface area contributed by atoms with Crippen molar-refractivity contribution in [2.24, 2.45) is 0 Å². The molecular weight excluding hydrogens is 146 g/mol. The van der Waals surface area contributed by atoms with Crippen molar-refractivity contribution in [2.45, 2.75) is 12.8 Å². The van der Waals surface area contributed by atoms with Gasteiger partial charge in [-0.3, -0.25) is 0 Å². The van der Waals surface area contributed by atoms with Crippen molar-refractivity contribution in [3.63, 3.8) is 0 Å². The van der Waals surface area contributed by atoms with Gasteiger partial charge in [-0.05, 0) is 6.42 Å². The molecule has 0 aliphatic carbocycles. The highest BCUT2D eigenvalue weighted by Crippen LogP contribution is 1.79. The number of carboxylic acids is 1. The molecule has 2 N–H and O–H groups in total. The van der Waals surface area contributed by atoms with E-state index in [0.29, 0.717) is 13.0 Å². The Morgan fingerprint density at radius 1 is 1.55 bits per heavy atom. The Morgan fingerprint density at radius 3 is 2.82 bits per heavy atom. The highest BCUT2D eigenvalue weighted by molar-refractivity contribution is 5.64. The average Bonchev–Trinajstić information content (AvgIpc) is 1.96. The van der Waals surface area contributed by atoms with Crippen molar-refractivity contribution in [3.05, 3.63) is 0 Å². The second-order valence-electron chi connectivity index (χ2n) is 2.33. The number of nitrogens with two attached hydrogens (primary N) is 1. The zero-order valence-electron chi connectivity index (χ0n) is 6.84. The fourth-order valence-corrected chi connectivity index (χ4v) is 0.736. The summed E-state index contributed by atoms with van der Waals surface area (Å²) < 4.78 is 4.81. The summed E-state index contributed by atoms with van der Waals surface area (Å²) >= 11 is 0. The highest BCUT2D eigenvalue weighted by atomic mass is 16.5. The third-order valence-corrected chi connectivity index (χ3v) is 1.32. The first kappa shape index (κ1) is 10.4. The zero-order valence-corrected chi connectivity index (χ0v) is 6.84. The number of hydrogen-bond acceptors (Lipinski definition) is 3. The van der Waals surface area contributed by atoms with Gasteiger partial charge in [0.2, 0.25) is 0 Å². The lowest BCUT2D eigenvalue weighted by molar-refractivity contribution is -0.656. The molecule has 0 amide bonds. The van der Waals surface area contributed by atoms with E-state index in [4.69, 9.17) is 4.74 Å². The lowest BCUT2D eigenvalue weighted by Gasteiger charge is -2.01. The fourth-order valence-electron chi connectivity index (χ4n) is 0.736. The van der Waals surface area contributed by atoms with Gasteiger partial charge in [-0.2, -0.15) is 0 Å². The van der Waals surface area contributed by atoms with Gasteiger partial charge in [0.1, 0.15) is 0 Å². The van der Waals surface area contributed by atoms with Crippen molar-refractivity contribution in [1.82, 2.24) is 0 Å². The van der Waals surface area contributed by atoms with E-state index in [9.17, 15) is 9.90 Å². The number of aliphatic carboxylic acids is 1. The Balaban J connectivity index is 2.85. The summed E-state index contributed by atoms with van der Waals surface area (Å²) in [7, 11) is 1.65. The molecule has 0 saturated carbocycles. The Morgan fingerprint density at radius 2 is 2.27 bits per heavy atom. The maximum atomic E-state index is 9.94. The lowest BCUT2D eigenvalue weighted by atomic mass is 10.3. The summed E-state index contributed by atoms with van der Waals surface area (Å²) in [4.78, 5) is 9.94. The third kappa shape index (κ3) is 9.39. The van der Waals surface area contributed by atoms with Gasteiger partial charge in [0.05, 0.1) is 19.7 Å². The predicted molar refractivity (Wildman–Crippen MR) is 37.8 cm³/mol. The summed E-state index contributed by atoms with van der Waals surface area (Å²) in [5, 5.41) is 12.0. The molecule has 0 fully saturated rings. The van der Waals surface area contributed by atoms with Crippen molar-refractivity contribution < 1.29 is 20.0 Å². The van der Waals surface area contributed by atoms with Crippen LogP contribution in [0.15, 0.2) is 0 Å². The molecule has 0 rings (SSSR count). The quantitative estimate of drug-likeness (QED) is 0.428. The molecule has 0 aromatic carbocycles. The summed E-state index contributed by atoms with van der Waals surface area (Å²) in [5.41, 5.74) is 0. The SMILES string of the molecule is COCC[NH2+]CCCC(=O)[O-].